The maximum Gasteiger partial charge on any atom is 0.248 e. The van der Waals surface area contributed by atoms with Crippen molar-refractivity contribution in [3.05, 3.63) is 34.9 Å². The van der Waals surface area contributed by atoms with Gasteiger partial charge in [0.25, 0.3) is 0 Å². The molecule has 2 bridgehead atoms. The van der Waals surface area contributed by atoms with Gasteiger partial charge in [-0.15, -0.1) is 0 Å². The van der Waals surface area contributed by atoms with E-state index < -0.39 is 11.9 Å². The molecule has 4 N–H and O–H groups in total. The first-order valence-electron chi connectivity index (χ1n) is 11.8. The van der Waals surface area contributed by atoms with Crippen molar-refractivity contribution < 1.29 is 14.4 Å². The van der Waals surface area contributed by atoms with Crippen LogP contribution in [0.4, 0.5) is 0 Å². The molecule has 0 radical (unpaired) electrons. The van der Waals surface area contributed by atoms with E-state index in [1.54, 1.807) is 11.0 Å². The van der Waals surface area contributed by atoms with Gasteiger partial charge in [0.05, 0.1) is 24.2 Å². The van der Waals surface area contributed by atoms with Crippen molar-refractivity contribution in [1.82, 2.24) is 14.7 Å². The van der Waals surface area contributed by atoms with Crippen molar-refractivity contribution in [1.29, 1.82) is 5.26 Å². The smallest absolute Gasteiger partial charge is 0.248 e. The lowest BCUT2D eigenvalue weighted by Gasteiger charge is -2.38. The van der Waals surface area contributed by atoms with Crippen molar-refractivity contribution in [3.8, 4) is 6.07 Å². The summed E-state index contributed by atoms with van der Waals surface area (Å²) >= 11 is 0. The molecule has 1 unspecified atom stereocenters. The maximum absolute atomic E-state index is 13.3. The fourth-order valence-corrected chi connectivity index (χ4v) is 6.75. The molecule has 1 saturated carbocycles. The number of nitrogens with zero attached hydrogens (tertiary/aromatic N) is 4. The largest absolute Gasteiger partial charge is 0.366 e. The second-order valence-corrected chi connectivity index (χ2v) is 10.2. The van der Waals surface area contributed by atoms with E-state index in [2.05, 4.69) is 11.0 Å². The normalized spacial score (nSPS) is 34.8. The van der Waals surface area contributed by atoms with Gasteiger partial charge in [-0.3, -0.25) is 19.3 Å². The molecule has 9 heteroatoms. The first-order chi connectivity index (χ1) is 15.9. The van der Waals surface area contributed by atoms with Crippen molar-refractivity contribution in [2.24, 2.45) is 17.4 Å². The van der Waals surface area contributed by atoms with Gasteiger partial charge < -0.3 is 21.3 Å². The second kappa shape index (κ2) is 7.27. The molecule has 0 aromatic heterocycles. The summed E-state index contributed by atoms with van der Waals surface area (Å²) in [5.41, 5.74) is 14.4. The standard InChI is InChI=1S/C24H28N6O3/c25-9-15-6-14-7-20(14)29(15)23(32)18(26)11-28-10-16-8-21(28)24(33)30(16)19-4-2-12-5-13(22(27)31)1-3-17(12)19/h1,3,5,14-16,18-21H,2,4,6-8,10-11,26H2,(H2,27,31)/t14-,15+,16-,18+,19-,20?,21-/m1/s1. The number of nitrogens with two attached hydrogens (primary N) is 2. The predicted octanol–water partition coefficient (Wildman–Crippen LogP) is -0.102. The molecule has 9 nitrogen and oxygen atoms in total. The number of hydrogen-bond donors (Lipinski definition) is 2. The van der Waals surface area contributed by atoms with Crippen LogP contribution in [0.15, 0.2) is 18.2 Å². The van der Waals surface area contributed by atoms with Crippen LogP contribution in [0, 0.1) is 17.2 Å². The summed E-state index contributed by atoms with van der Waals surface area (Å²) < 4.78 is 0. The quantitative estimate of drug-likeness (QED) is 0.645. The van der Waals surface area contributed by atoms with Crippen molar-refractivity contribution in [2.45, 2.75) is 68.4 Å². The van der Waals surface area contributed by atoms with Crippen molar-refractivity contribution in [3.63, 3.8) is 0 Å². The minimum Gasteiger partial charge on any atom is -0.366 e. The van der Waals surface area contributed by atoms with E-state index in [-0.39, 0.29) is 42.0 Å². The lowest BCUT2D eigenvalue weighted by molar-refractivity contribution is -0.141. The Kier molecular flexibility index (Phi) is 4.55. The monoisotopic (exact) mass is 448 g/mol. The summed E-state index contributed by atoms with van der Waals surface area (Å²) in [5, 5.41) is 9.39. The molecular weight excluding hydrogens is 420 g/mol. The molecular formula is C24H28N6O3. The number of likely N-dealkylation sites (tertiary alicyclic amines) is 3. The number of carbonyl (C=O) groups is 3. The van der Waals surface area contributed by atoms with Crippen LogP contribution in [0.3, 0.4) is 0 Å². The molecule has 5 aliphatic rings. The van der Waals surface area contributed by atoms with Gasteiger partial charge in [0.1, 0.15) is 6.04 Å². The van der Waals surface area contributed by atoms with E-state index >= 15 is 0 Å². The number of nitriles is 1. The van der Waals surface area contributed by atoms with Gasteiger partial charge in [-0.25, -0.2) is 0 Å². The zero-order valence-corrected chi connectivity index (χ0v) is 18.4. The van der Waals surface area contributed by atoms with Crippen LogP contribution in [-0.2, 0) is 16.0 Å². The van der Waals surface area contributed by atoms with Crippen LogP contribution < -0.4 is 11.5 Å². The minimum absolute atomic E-state index is 0.0228. The number of benzene rings is 1. The highest BCUT2D eigenvalue weighted by atomic mass is 16.2. The van der Waals surface area contributed by atoms with Crippen LogP contribution in [0.1, 0.15) is 53.2 Å². The molecule has 6 rings (SSSR count). The molecule has 3 aliphatic heterocycles. The Morgan fingerprint density at radius 1 is 1.21 bits per heavy atom. The molecule has 3 saturated heterocycles. The molecule has 0 spiro atoms. The van der Waals surface area contributed by atoms with Crippen LogP contribution in [0.2, 0.25) is 0 Å². The van der Waals surface area contributed by atoms with Crippen LogP contribution in [0.5, 0.6) is 0 Å². The molecule has 2 aliphatic carbocycles. The minimum atomic E-state index is -0.722. The number of hydrogen-bond acceptors (Lipinski definition) is 6. The zero-order chi connectivity index (χ0) is 23.0. The lowest BCUT2D eigenvalue weighted by Crippen LogP contribution is -2.57. The summed E-state index contributed by atoms with van der Waals surface area (Å²) in [4.78, 5) is 43.6. The number of primary amides is 1. The Labute approximate surface area is 192 Å². The highest BCUT2D eigenvalue weighted by molar-refractivity contribution is 5.93. The Hall–Kier alpha value is -2.96. The van der Waals surface area contributed by atoms with Crippen LogP contribution in [0.25, 0.3) is 0 Å². The van der Waals surface area contributed by atoms with Gasteiger partial charge in [0.2, 0.25) is 17.7 Å². The summed E-state index contributed by atoms with van der Waals surface area (Å²) in [6, 6.07) is 6.74. The van der Waals surface area contributed by atoms with Gasteiger partial charge in [-0.2, -0.15) is 5.26 Å². The Morgan fingerprint density at radius 2 is 2.03 bits per heavy atom. The number of fused-ring (bicyclic) bond motifs is 4. The molecule has 4 fully saturated rings. The number of carbonyl (C=O) groups excluding carboxylic acids is 3. The third kappa shape index (κ3) is 3.08. The highest BCUT2D eigenvalue weighted by Crippen LogP contribution is 2.48. The highest BCUT2D eigenvalue weighted by Gasteiger charge is 2.56. The Morgan fingerprint density at radius 3 is 2.76 bits per heavy atom. The molecule has 1 aromatic carbocycles. The fourth-order valence-electron chi connectivity index (χ4n) is 6.75. The van der Waals surface area contributed by atoms with E-state index in [0.717, 1.165) is 43.2 Å². The third-order valence-electron chi connectivity index (χ3n) is 8.38. The van der Waals surface area contributed by atoms with Gasteiger partial charge in [-0.1, -0.05) is 6.07 Å². The number of rotatable bonds is 5. The van der Waals surface area contributed by atoms with E-state index in [9.17, 15) is 19.6 Å². The van der Waals surface area contributed by atoms with Gasteiger partial charge in [0.15, 0.2) is 0 Å². The third-order valence-corrected chi connectivity index (χ3v) is 8.38. The van der Waals surface area contributed by atoms with E-state index in [1.807, 2.05) is 17.0 Å². The Bertz CT molecular complexity index is 1100. The van der Waals surface area contributed by atoms with Crippen molar-refractivity contribution in [2.75, 3.05) is 13.1 Å². The average molecular weight is 449 g/mol. The molecule has 3 heterocycles. The molecule has 7 atom stereocenters. The van der Waals surface area contributed by atoms with Crippen molar-refractivity contribution >= 4 is 17.7 Å². The van der Waals surface area contributed by atoms with Crippen LogP contribution in [-0.4, -0.2) is 75.7 Å². The van der Waals surface area contributed by atoms with E-state index in [4.69, 9.17) is 11.5 Å². The second-order valence-electron chi connectivity index (χ2n) is 10.2. The fraction of sp³-hybridized carbons (Fsp3) is 0.583. The topological polar surface area (TPSA) is 137 Å². The summed E-state index contributed by atoms with van der Waals surface area (Å²) in [6.07, 6.45) is 4.15. The first-order valence-corrected chi connectivity index (χ1v) is 11.8. The number of amides is 3. The summed E-state index contributed by atoms with van der Waals surface area (Å²) in [6.45, 7) is 1.05. The molecule has 3 amide bonds. The zero-order valence-electron chi connectivity index (χ0n) is 18.4. The number of piperazine rings is 1. The SMILES string of the molecule is N#C[C@@H]1C[C@@H]2CC2N1C(=O)[C@@H](N)CN1C[C@H]2C[C@@H]1C(=O)N2[C@@H]1CCc2cc(C(N)=O)ccc21. The molecule has 172 valence electrons. The predicted molar refractivity (Wildman–Crippen MR) is 117 cm³/mol. The van der Waals surface area contributed by atoms with Crippen LogP contribution >= 0.6 is 0 Å². The molecule has 33 heavy (non-hydrogen) atoms. The van der Waals surface area contributed by atoms with E-state index in [1.165, 1.54) is 0 Å². The lowest BCUT2D eigenvalue weighted by atomic mass is 10.0. The van der Waals surface area contributed by atoms with Gasteiger partial charge >= 0.3 is 0 Å². The molecule has 1 aromatic rings. The number of aryl methyl sites for hydroxylation is 1. The van der Waals surface area contributed by atoms with Gasteiger partial charge in [0, 0.05) is 30.7 Å². The maximum atomic E-state index is 13.3. The average Bonchev–Trinajstić information content (AvgIpc) is 3.15. The first kappa shape index (κ1) is 20.6. The number of piperidine rings is 1. The van der Waals surface area contributed by atoms with E-state index in [0.29, 0.717) is 24.6 Å². The van der Waals surface area contributed by atoms with Gasteiger partial charge in [-0.05, 0) is 61.3 Å². The summed E-state index contributed by atoms with van der Waals surface area (Å²) in [5.74, 6) is -0.0435. The summed E-state index contributed by atoms with van der Waals surface area (Å²) in [7, 11) is 0. The Balaban J connectivity index is 1.13.